The van der Waals surface area contributed by atoms with E-state index >= 15 is 0 Å². The Morgan fingerprint density at radius 1 is 0.275 bits per heavy atom. The van der Waals surface area contributed by atoms with Gasteiger partial charge in [0, 0.05) is 0 Å². The molecule has 0 atom stereocenters. The lowest BCUT2D eigenvalue weighted by atomic mass is 9.91. The third-order valence-electron chi connectivity index (χ3n) is 8.54. The van der Waals surface area contributed by atoms with E-state index in [0.29, 0.717) is 0 Å². The molecule has 8 rings (SSSR count). The van der Waals surface area contributed by atoms with Crippen LogP contribution in [0, 0.1) is 27.7 Å². The lowest BCUT2D eigenvalue weighted by Gasteiger charge is -2.12. The molecular weight excluding hydrogens is 480 g/mol. The molecule has 0 unspecified atom stereocenters. The van der Waals surface area contributed by atoms with Crippen molar-refractivity contribution in [2.75, 3.05) is 0 Å². The van der Waals surface area contributed by atoms with E-state index in [2.05, 4.69) is 149 Å². The van der Waals surface area contributed by atoms with Crippen LogP contribution in [0.25, 0.3) is 64.6 Å². The summed E-state index contributed by atoms with van der Waals surface area (Å²) in [4.78, 5) is 0. The largest absolute Gasteiger partial charge is 0.0616 e. The van der Waals surface area contributed by atoms with Gasteiger partial charge in [-0.25, -0.2) is 0 Å². The molecule has 192 valence electrons. The van der Waals surface area contributed by atoms with Crippen molar-refractivity contribution in [3.05, 3.63) is 144 Å². The van der Waals surface area contributed by atoms with Crippen molar-refractivity contribution in [3.63, 3.8) is 0 Å². The maximum absolute atomic E-state index is 2.34. The third kappa shape index (κ3) is 3.83. The van der Waals surface area contributed by atoms with Crippen LogP contribution in [0.3, 0.4) is 0 Å². The number of rotatable bonds is 0. The lowest BCUT2D eigenvalue weighted by Crippen LogP contribution is -1.87. The quantitative estimate of drug-likeness (QED) is 0.177. The molecule has 0 saturated heterocycles. The first-order chi connectivity index (χ1) is 19.5. The van der Waals surface area contributed by atoms with Gasteiger partial charge in [-0.3, -0.25) is 0 Å². The van der Waals surface area contributed by atoms with Crippen molar-refractivity contribution in [1.82, 2.24) is 0 Å². The Morgan fingerprint density at radius 2 is 0.600 bits per heavy atom. The zero-order valence-corrected chi connectivity index (χ0v) is 23.5. The van der Waals surface area contributed by atoms with Crippen LogP contribution in [0.2, 0.25) is 0 Å². The average Bonchev–Trinajstić information content (AvgIpc) is 2.98. The predicted molar refractivity (Wildman–Crippen MR) is 177 cm³/mol. The van der Waals surface area contributed by atoms with E-state index in [9.17, 15) is 0 Å². The molecule has 8 aromatic carbocycles. The fourth-order valence-corrected chi connectivity index (χ4v) is 6.73. The summed E-state index contributed by atoms with van der Waals surface area (Å²) in [6.45, 7) is 8.85. The van der Waals surface area contributed by atoms with Crippen LogP contribution >= 0.6 is 0 Å². The highest BCUT2D eigenvalue weighted by Crippen LogP contribution is 2.37. The Balaban J connectivity index is 0.000000132. The Labute approximate surface area is 235 Å². The second-order valence-electron chi connectivity index (χ2n) is 11.2. The first-order valence-corrected chi connectivity index (χ1v) is 14.1. The molecule has 0 amide bonds. The highest BCUT2D eigenvalue weighted by Gasteiger charge is 2.10. The maximum Gasteiger partial charge on any atom is -0.00695 e. The summed E-state index contributed by atoms with van der Waals surface area (Å²) < 4.78 is 0. The molecule has 0 bridgehead atoms. The van der Waals surface area contributed by atoms with Crippen molar-refractivity contribution >= 4 is 64.6 Å². The van der Waals surface area contributed by atoms with Crippen LogP contribution in [0.1, 0.15) is 22.3 Å². The molecule has 0 heterocycles. The summed E-state index contributed by atoms with van der Waals surface area (Å²) in [5.74, 6) is 0. The van der Waals surface area contributed by atoms with Crippen molar-refractivity contribution in [2.45, 2.75) is 27.7 Å². The Bertz CT molecular complexity index is 2090. The van der Waals surface area contributed by atoms with Gasteiger partial charge >= 0.3 is 0 Å². The van der Waals surface area contributed by atoms with Gasteiger partial charge in [0.25, 0.3) is 0 Å². The van der Waals surface area contributed by atoms with Gasteiger partial charge in [0.05, 0.1) is 0 Å². The molecule has 0 heteroatoms. The highest BCUT2D eigenvalue weighted by atomic mass is 14.1. The topological polar surface area (TPSA) is 0 Å². The van der Waals surface area contributed by atoms with E-state index in [-0.39, 0.29) is 0 Å². The molecule has 0 aliphatic carbocycles. The molecule has 0 radical (unpaired) electrons. The monoisotopic (exact) mass is 512 g/mol. The van der Waals surface area contributed by atoms with Crippen molar-refractivity contribution in [2.24, 2.45) is 0 Å². The summed E-state index contributed by atoms with van der Waals surface area (Å²) in [6, 6.07) is 44.1. The van der Waals surface area contributed by atoms with Gasteiger partial charge < -0.3 is 0 Å². The van der Waals surface area contributed by atoms with Gasteiger partial charge in [-0.05, 0) is 115 Å². The molecule has 0 saturated carbocycles. The van der Waals surface area contributed by atoms with Crippen LogP contribution < -0.4 is 0 Å². The Hall–Kier alpha value is -4.68. The molecule has 0 spiro atoms. The SMILES string of the molecule is Cc1cc2c3ccccc3cc(C)c2c2ccccc12.Cc1cc2c3ccccc3cc(C)c2c2ccccc12. The van der Waals surface area contributed by atoms with Gasteiger partial charge in [0.1, 0.15) is 0 Å². The number of aryl methyl sites for hydroxylation is 4. The van der Waals surface area contributed by atoms with E-state index in [4.69, 9.17) is 0 Å². The summed E-state index contributed by atoms with van der Waals surface area (Å²) in [5.41, 5.74) is 5.41. The number of fused-ring (bicyclic) bond motifs is 10. The van der Waals surface area contributed by atoms with Crippen LogP contribution in [0.5, 0.6) is 0 Å². The summed E-state index contributed by atoms with van der Waals surface area (Å²) in [6.07, 6.45) is 0. The molecule has 8 aromatic rings. The number of hydrogen-bond acceptors (Lipinski definition) is 0. The van der Waals surface area contributed by atoms with Crippen LogP contribution in [-0.2, 0) is 0 Å². The molecule has 40 heavy (non-hydrogen) atoms. The lowest BCUT2D eigenvalue weighted by molar-refractivity contribution is 1.53. The van der Waals surface area contributed by atoms with Gasteiger partial charge in [-0.2, -0.15) is 0 Å². The Morgan fingerprint density at radius 3 is 1.00 bits per heavy atom. The summed E-state index contributed by atoms with van der Waals surface area (Å²) in [7, 11) is 0. The van der Waals surface area contributed by atoms with Crippen LogP contribution in [0.4, 0.5) is 0 Å². The minimum absolute atomic E-state index is 1.33. The zero-order chi connectivity index (χ0) is 27.4. The van der Waals surface area contributed by atoms with Crippen molar-refractivity contribution in [3.8, 4) is 0 Å². The van der Waals surface area contributed by atoms with E-state index in [1.165, 1.54) is 86.9 Å². The standard InChI is InChI=1S/2C20H16/c2*1-13-12-19-17-9-4-3-7-15(17)11-14(2)20(19)18-10-6-5-8-16(13)18/h2*3-12H,1-2H3. The van der Waals surface area contributed by atoms with Gasteiger partial charge in [-0.15, -0.1) is 0 Å². The fourth-order valence-electron chi connectivity index (χ4n) is 6.73. The smallest absolute Gasteiger partial charge is 0.00695 e. The first-order valence-electron chi connectivity index (χ1n) is 14.1. The van der Waals surface area contributed by atoms with E-state index in [0.717, 1.165) is 0 Å². The first kappa shape index (κ1) is 24.4. The fraction of sp³-hybridized carbons (Fsp3) is 0.100. The van der Waals surface area contributed by atoms with Gasteiger partial charge in [0.15, 0.2) is 0 Å². The van der Waals surface area contributed by atoms with Crippen LogP contribution in [-0.4, -0.2) is 0 Å². The van der Waals surface area contributed by atoms with Gasteiger partial charge in [-0.1, -0.05) is 121 Å². The average molecular weight is 513 g/mol. The molecule has 0 aliphatic heterocycles. The minimum atomic E-state index is 1.33. The maximum atomic E-state index is 2.34. The van der Waals surface area contributed by atoms with Crippen molar-refractivity contribution < 1.29 is 0 Å². The Kier molecular flexibility index (Phi) is 5.79. The van der Waals surface area contributed by atoms with E-state index in [1.807, 2.05) is 0 Å². The summed E-state index contributed by atoms with van der Waals surface area (Å²) >= 11 is 0. The number of benzene rings is 8. The molecule has 0 N–H and O–H groups in total. The second-order valence-corrected chi connectivity index (χ2v) is 11.2. The highest BCUT2D eigenvalue weighted by molar-refractivity contribution is 6.20. The zero-order valence-electron chi connectivity index (χ0n) is 23.5. The number of hydrogen-bond donors (Lipinski definition) is 0. The van der Waals surface area contributed by atoms with Crippen molar-refractivity contribution in [1.29, 1.82) is 0 Å². The summed E-state index contributed by atoms with van der Waals surface area (Å²) in [5, 5.41) is 16.3. The van der Waals surface area contributed by atoms with E-state index < -0.39 is 0 Å². The molecule has 0 aliphatic rings. The minimum Gasteiger partial charge on any atom is -0.0616 e. The normalized spacial score (nSPS) is 11.5. The molecule has 0 nitrogen and oxygen atoms in total. The van der Waals surface area contributed by atoms with Crippen LogP contribution in [0.15, 0.2) is 121 Å². The van der Waals surface area contributed by atoms with Gasteiger partial charge in [0.2, 0.25) is 0 Å². The molecule has 0 fully saturated rings. The third-order valence-corrected chi connectivity index (χ3v) is 8.54. The predicted octanol–water partition coefficient (Wildman–Crippen LogP) is 11.5. The molecular formula is C40H32. The van der Waals surface area contributed by atoms with E-state index in [1.54, 1.807) is 0 Å². The molecule has 0 aromatic heterocycles. The second kappa shape index (κ2) is 9.50.